The number of morpholine rings is 1. The van der Waals surface area contributed by atoms with Crippen molar-refractivity contribution in [3.8, 4) is 0 Å². The number of esters is 1. The number of carbonyl (C=O) groups is 1. The van der Waals surface area contributed by atoms with Gasteiger partial charge in [-0.3, -0.25) is 0 Å². The summed E-state index contributed by atoms with van der Waals surface area (Å²) in [5, 5.41) is 0. The fourth-order valence-corrected chi connectivity index (χ4v) is 1.87. The summed E-state index contributed by atoms with van der Waals surface area (Å²) in [7, 11) is 0. The van der Waals surface area contributed by atoms with Gasteiger partial charge in [0.1, 0.15) is 0 Å². The number of carbonyl (C=O) groups excluding carboxylic acids is 1. The highest BCUT2D eigenvalue weighted by atomic mass is 16.5. The van der Waals surface area contributed by atoms with Crippen LogP contribution in [0.15, 0.2) is 24.3 Å². The zero-order valence-electron chi connectivity index (χ0n) is 10.0. The van der Waals surface area contributed by atoms with Crippen molar-refractivity contribution < 1.29 is 14.3 Å². The predicted octanol–water partition coefficient (Wildman–Crippen LogP) is 1.70. The Morgan fingerprint density at radius 3 is 2.88 bits per heavy atom. The number of nitrogens with zero attached hydrogens (tertiary/aromatic N) is 1. The Kier molecular flexibility index (Phi) is 3.98. The number of anilines is 1. The Bertz CT molecular complexity index is 386. The summed E-state index contributed by atoms with van der Waals surface area (Å²) >= 11 is 0. The van der Waals surface area contributed by atoms with Crippen LogP contribution in [0.2, 0.25) is 0 Å². The standard InChI is InChI=1S/C13H17NO3/c1-2-17-13(15)11-4-3-5-12(10-11)14-6-8-16-9-7-14/h3-5,10H,2,6-9H2,1H3. The lowest BCUT2D eigenvalue weighted by Crippen LogP contribution is -2.36. The maximum Gasteiger partial charge on any atom is 0.338 e. The van der Waals surface area contributed by atoms with Gasteiger partial charge in [0.05, 0.1) is 25.4 Å². The molecule has 0 amide bonds. The fraction of sp³-hybridized carbons (Fsp3) is 0.462. The lowest BCUT2D eigenvalue weighted by Gasteiger charge is -2.29. The molecule has 0 aromatic heterocycles. The van der Waals surface area contributed by atoms with Crippen LogP contribution in [0, 0.1) is 0 Å². The molecule has 4 heteroatoms. The Morgan fingerprint density at radius 1 is 1.41 bits per heavy atom. The normalized spacial score (nSPS) is 15.7. The number of rotatable bonds is 3. The predicted molar refractivity (Wildman–Crippen MR) is 65.4 cm³/mol. The summed E-state index contributed by atoms with van der Waals surface area (Å²) in [5.41, 5.74) is 1.66. The van der Waals surface area contributed by atoms with Crippen molar-refractivity contribution in [2.24, 2.45) is 0 Å². The summed E-state index contributed by atoms with van der Waals surface area (Å²) in [6.45, 7) is 5.43. The number of hydrogen-bond acceptors (Lipinski definition) is 4. The van der Waals surface area contributed by atoms with Gasteiger partial charge in [-0.2, -0.15) is 0 Å². The summed E-state index contributed by atoms with van der Waals surface area (Å²) < 4.78 is 10.3. The molecule has 0 N–H and O–H groups in total. The average Bonchev–Trinajstić information content (AvgIpc) is 2.40. The molecule has 1 aromatic rings. The first-order valence-electron chi connectivity index (χ1n) is 5.91. The van der Waals surface area contributed by atoms with Crippen molar-refractivity contribution in [2.75, 3.05) is 37.8 Å². The van der Waals surface area contributed by atoms with Gasteiger partial charge >= 0.3 is 5.97 Å². The molecular weight excluding hydrogens is 218 g/mol. The highest BCUT2D eigenvalue weighted by Crippen LogP contribution is 2.18. The summed E-state index contributed by atoms with van der Waals surface area (Å²) in [6, 6.07) is 7.55. The Labute approximate surface area is 101 Å². The minimum atomic E-state index is -0.261. The summed E-state index contributed by atoms with van der Waals surface area (Å²) in [6.07, 6.45) is 0. The maximum atomic E-state index is 11.6. The van der Waals surface area contributed by atoms with Crippen LogP contribution < -0.4 is 4.90 Å². The smallest absolute Gasteiger partial charge is 0.338 e. The first-order chi connectivity index (χ1) is 8.31. The quantitative estimate of drug-likeness (QED) is 0.747. The van der Waals surface area contributed by atoms with Crippen LogP contribution in [-0.4, -0.2) is 38.9 Å². The van der Waals surface area contributed by atoms with E-state index in [1.54, 1.807) is 6.07 Å². The molecule has 1 aliphatic rings. The Balaban J connectivity index is 2.12. The van der Waals surface area contributed by atoms with Crippen molar-refractivity contribution in [3.63, 3.8) is 0 Å². The van der Waals surface area contributed by atoms with Gasteiger partial charge in [-0.25, -0.2) is 4.79 Å². The number of benzene rings is 1. The molecule has 0 unspecified atom stereocenters. The van der Waals surface area contributed by atoms with Crippen LogP contribution in [-0.2, 0) is 9.47 Å². The molecule has 1 aliphatic heterocycles. The first-order valence-corrected chi connectivity index (χ1v) is 5.91. The zero-order chi connectivity index (χ0) is 12.1. The summed E-state index contributed by atoms with van der Waals surface area (Å²) in [5.74, 6) is -0.261. The van der Waals surface area contributed by atoms with Gasteiger partial charge in [0.2, 0.25) is 0 Å². The van der Waals surface area contributed by atoms with E-state index in [0.29, 0.717) is 12.2 Å². The van der Waals surface area contributed by atoms with Gasteiger partial charge in [0.15, 0.2) is 0 Å². The van der Waals surface area contributed by atoms with E-state index in [0.717, 1.165) is 32.0 Å². The van der Waals surface area contributed by atoms with Gasteiger partial charge in [0.25, 0.3) is 0 Å². The van der Waals surface area contributed by atoms with Crippen LogP contribution >= 0.6 is 0 Å². The van der Waals surface area contributed by atoms with Crippen LogP contribution in [0.4, 0.5) is 5.69 Å². The molecular formula is C13H17NO3. The molecule has 0 atom stereocenters. The highest BCUT2D eigenvalue weighted by Gasteiger charge is 2.13. The van der Waals surface area contributed by atoms with E-state index in [4.69, 9.17) is 9.47 Å². The first kappa shape index (κ1) is 11.9. The third kappa shape index (κ3) is 2.97. The van der Waals surface area contributed by atoms with Crippen molar-refractivity contribution in [1.29, 1.82) is 0 Å². The van der Waals surface area contributed by atoms with Crippen LogP contribution in [0.5, 0.6) is 0 Å². The third-order valence-corrected chi connectivity index (χ3v) is 2.73. The van der Waals surface area contributed by atoms with E-state index >= 15 is 0 Å². The number of ether oxygens (including phenoxy) is 2. The topological polar surface area (TPSA) is 38.8 Å². The van der Waals surface area contributed by atoms with Gasteiger partial charge in [-0.1, -0.05) is 6.07 Å². The minimum Gasteiger partial charge on any atom is -0.462 e. The lowest BCUT2D eigenvalue weighted by molar-refractivity contribution is 0.0526. The van der Waals surface area contributed by atoms with Crippen LogP contribution in [0.1, 0.15) is 17.3 Å². The van der Waals surface area contributed by atoms with E-state index in [9.17, 15) is 4.79 Å². The number of hydrogen-bond donors (Lipinski definition) is 0. The van der Waals surface area contributed by atoms with Crippen molar-refractivity contribution in [2.45, 2.75) is 6.92 Å². The van der Waals surface area contributed by atoms with Gasteiger partial charge in [-0.05, 0) is 25.1 Å². The third-order valence-electron chi connectivity index (χ3n) is 2.73. The molecule has 0 aliphatic carbocycles. The molecule has 92 valence electrons. The SMILES string of the molecule is CCOC(=O)c1cccc(N2CCOCC2)c1. The van der Waals surface area contributed by atoms with E-state index in [1.807, 2.05) is 25.1 Å². The van der Waals surface area contributed by atoms with Gasteiger partial charge in [-0.15, -0.1) is 0 Å². The molecule has 4 nitrogen and oxygen atoms in total. The largest absolute Gasteiger partial charge is 0.462 e. The van der Waals surface area contributed by atoms with Gasteiger partial charge < -0.3 is 14.4 Å². The maximum absolute atomic E-state index is 11.6. The second-order valence-corrected chi connectivity index (χ2v) is 3.87. The molecule has 1 heterocycles. The van der Waals surface area contributed by atoms with Gasteiger partial charge in [0, 0.05) is 18.8 Å². The molecule has 2 rings (SSSR count). The van der Waals surface area contributed by atoms with E-state index in [2.05, 4.69) is 4.90 Å². The monoisotopic (exact) mass is 235 g/mol. The minimum absolute atomic E-state index is 0.261. The van der Waals surface area contributed by atoms with Crippen molar-refractivity contribution in [1.82, 2.24) is 0 Å². The molecule has 1 saturated heterocycles. The van der Waals surface area contributed by atoms with E-state index in [1.165, 1.54) is 0 Å². The molecule has 1 aromatic carbocycles. The fourth-order valence-electron chi connectivity index (χ4n) is 1.87. The lowest BCUT2D eigenvalue weighted by atomic mass is 10.2. The molecule has 1 fully saturated rings. The van der Waals surface area contributed by atoms with E-state index in [-0.39, 0.29) is 5.97 Å². The molecule has 17 heavy (non-hydrogen) atoms. The molecule has 0 spiro atoms. The molecule has 0 bridgehead atoms. The Morgan fingerprint density at radius 2 is 2.18 bits per heavy atom. The second kappa shape index (κ2) is 5.68. The molecule has 0 saturated carbocycles. The van der Waals surface area contributed by atoms with Crippen molar-refractivity contribution >= 4 is 11.7 Å². The Hall–Kier alpha value is -1.55. The summed E-state index contributed by atoms with van der Waals surface area (Å²) in [4.78, 5) is 13.8. The van der Waals surface area contributed by atoms with Crippen LogP contribution in [0.3, 0.4) is 0 Å². The molecule has 0 radical (unpaired) electrons. The zero-order valence-corrected chi connectivity index (χ0v) is 10.0. The van der Waals surface area contributed by atoms with Crippen LogP contribution in [0.25, 0.3) is 0 Å². The van der Waals surface area contributed by atoms with E-state index < -0.39 is 0 Å². The van der Waals surface area contributed by atoms with Crippen molar-refractivity contribution in [3.05, 3.63) is 29.8 Å². The highest BCUT2D eigenvalue weighted by molar-refractivity contribution is 5.90. The average molecular weight is 235 g/mol. The second-order valence-electron chi connectivity index (χ2n) is 3.87.